The van der Waals surface area contributed by atoms with Gasteiger partial charge in [0.1, 0.15) is 19.3 Å². The van der Waals surface area contributed by atoms with Crippen LogP contribution in [0.1, 0.15) is 20.8 Å². The van der Waals surface area contributed by atoms with Crippen LogP contribution in [0, 0.1) is 7.14 Å². The van der Waals surface area contributed by atoms with Crippen molar-refractivity contribution in [2.24, 2.45) is 0 Å². The number of carbonyl (C=O) groups excluding carboxylic acids is 1. The maximum atomic E-state index is 11.5. The Morgan fingerprint density at radius 3 is 2.08 bits per heavy atom. The minimum absolute atomic E-state index is 0.181. The van der Waals surface area contributed by atoms with E-state index in [4.69, 9.17) is 18.5 Å². The first kappa shape index (κ1) is 27.8. The quantitative estimate of drug-likeness (QED) is 0.183. The molecule has 0 bridgehead atoms. The molecule has 0 saturated carbocycles. The molecule has 0 fully saturated rings. The molecule has 9 nitrogen and oxygen atoms in total. The third-order valence-electron chi connectivity index (χ3n) is 4.33. The highest BCUT2D eigenvalue weighted by molar-refractivity contribution is 14.1. The van der Waals surface area contributed by atoms with E-state index in [2.05, 4.69) is 38.2 Å². The van der Waals surface area contributed by atoms with Crippen LogP contribution in [0.3, 0.4) is 0 Å². The van der Waals surface area contributed by atoms with Gasteiger partial charge in [-0.3, -0.25) is 4.79 Å². The van der Waals surface area contributed by atoms with Gasteiger partial charge in [-0.2, -0.15) is 5.16 Å². The summed E-state index contributed by atoms with van der Waals surface area (Å²) in [4.78, 5) is 22.6. The number of hydrogen-bond donors (Lipinski definition) is 2. The number of aromatic amines is 1. The fourth-order valence-corrected chi connectivity index (χ4v) is 4.00. The third-order valence-corrected chi connectivity index (χ3v) is 6.26. The molecule has 0 radical (unpaired) electrons. The van der Waals surface area contributed by atoms with Crippen molar-refractivity contribution in [1.29, 1.82) is 0 Å². The standard InChI is InChI=1S/C16H19IN2O4.C9H6INO2/c1-16(2,3)22-15(20)18-9-10-21-14-12(17)13(23-19-14)11-7-5-4-6-8-11;10-7-8(13-11-9(7)12)6-4-2-1-3-5-6/h4-8H,9-10H2,1-3H3,(H,18,20);1-5H,(H,11,12). The molecule has 11 heteroatoms. The molecule has 0 saturated heterocycles. The summed E-state index contributed by atoms with van der Waals surface area (Å²) in [6.07, 6.45) is -0.471. The summed E-state index contributed by atoms with van der Waals surface area (Å²) in [5, 5.41) is 8.84. The second kappa shape index (κ2) is 12.9. The summed E-state index contributed by atoms with van der Waals surface area (Å²) in [5.74, 6) is 1.68. The molecule has 36 heavy (non-hydrogen) atoms. The summed E-state index contributed by atoms with van der Waals surface area (Å²) in [6, 6.07) is 19.2. The lowest BCUT2D eigenvalue weighted by Gasteiger charge is -2.19. The molecule has 1 amide bonds. The number of aromatic nitrogens is 2. The fourth-order valence-electron chi connectivity index (χ4n) is 2.80. The van der Waals surface area contributed by atoms with Crippen molar-refractivity contribution < 1.29 is 23.3 Å². The minimum Gasteiger partial charge on any atom is -0.473 e. The van der Waals surface area contributed by atoms with Gasteiger partial charge in [-0.25, -0.2) is 4.79 Å². The Kier molecular flexibility index (Phi) is 9.98. The van der Waals surface area contributed by atoms with E-state index in [0.29, 0.717) is 27.5 Å². The molecule has 4 rings (SSSR count). The van der Waals surface area contributed by atoms with Crippen LogP contribution in [-0.4, -0.2) is 35.2 Å². The summed E-state index contributed by atoms with van der Waals surface area (Å²) in [7, 11) is 0. The average Bonchev–Trinajstić information content (AvgIpc) is 3.38. The van der Waals surface area contributed by atoms with E-state index in [1.54, 1.807) is 0 Å². The predicted octanol–water partition coefficient (Wildman–Crippen LogP) is 6.09. The number of nitrogens with one attached hydrogen (secondary N) is 2. The van der Waals surface area contributed by atoms with Crippen LogP contribution in [0.15, 0.2) is 74.5 Å². The van der Waals surface area contributed by atoms with Gasteiger partial charge in [0.05, 0.1) is 6.54 Å². The number of ether oxygens (including phenoxy) is 2. The van der Waals surface area contributed by atoms with Gasteiger partial charge >= 0.3 is 6.09 Å². The molecule has 0 aliphatic carbocycles. The Labute approximate surface area is 235 Å². The van der Waals surface area contributed by atoms with E-state index in [1.807, 2.05) is 104 Å². The van der Waals surface area contributed by atoms with Gasteiger partial charge in [0, 0.05) is 11.1 Å². The molecule has 2 aromatic heterocycles. The summed E-state index contributed by atoms with van der Waals surface area (Å²) < 4.78 is 22.4. The smallest absolute Gasteiger partial charge is 0.407 e. The van der Waals surface area contributed by atoms with Gasteiger partial charge in [-0.05, 0) is 71.1 Å². The Morgan fingerprint density at radius 2 is 1.56 bits per heavy atom. The van der Waals surface area contributed by atoms with E-state index >= 15 is 0 Å². The highest BCUT2D eigenvalue weighted by Gasteiger charge is 2.18. The first-order valence-electron chi connectivity index (χ1n) is 10.9. The molecule has 0 aliphatic heterocycles. The third kappa shape index (κ3) is 8.11. The molecule has 0 spiro atoms. The Bertz CT molecular complexity index is 1310. The Morgan fingerprint density at radius 1 is 0.972 bits per heavy atom. The van der Waals surface area contributed by atoms with E-state index in [-0.39, 0.29) is 12.2 Å². The monoisotopic (exact) mass is 717 g/mol. The molecule has 2 N–H and O–H groups in total. The van der Waals surface area contributed by atoms with Gasteiger partial charge in [0.25, 0.3) is 11.4 Å². The lowest BCUT2D eigenvalue weighted by molar-refractivity contribution is 0.0519. The van der Waals surface area contributed by atoms with Crippen LogP contribution in [0.5, 0.6) is 5.88 Å². The van der Waals surface area contributed by atoms with Crippen LogP contribution < -0.4 is 15.6 Å². The van der Waals surface area contributed by atoms with Crippen LogP contribution in [0.25, 0.3) is 22.6 Å². The lowest BCUT2D eigenvalue weighted by Crippen LogP contribution is -2.34. The zero-order valence-electron chi connectivity index (χ0n) is 19.8. The first-order valence-corrected chi connectivity index (χ1v) is 13.0. The number of hydrogen-bond acceptors (Lipinski definition) is 7. The highest BCUT2D eigenvalue weighted by Crippen LogP contribution is 2.31. The number of halogens is 2. The summed E-state index contributed by atoms with van der Waals surface area (Å²) in [6.45, 7) is 6.03. The van der Waals surface area contributed by atoms with E-state index in [1.165, 1.54) is 0 Å². The van der Waals surface area contributed by atoms with Gasteiger partial charge in [0.15, 0.2) is 11.5 Å². The molecular weight excluding hydrogens is 692 g/mol. The molecular formula is C25H25I2N3O6. The van der Waals surface area contributed by atoms with Crippen molar-refractivity contribution in [1.82, 2.24) is 15.6 Å². The molecule has 0 aliphatic rings. The van der Waals surface area contributed by atoms with Crippen LogP contribution in [-0.2, 0) is 4.74 Å². The van der Waals surface area contributed by atoms with Crippen molar-refractivity contribution in [3.05, 3.63) is 78.2 Å². The van der Waals surface area contributed by atoms with Gasteiger partial charge in [-0.1, -0.05) is 60.7 Å². The van der Waals surface area contributed by atoms with Crippen molar-refractivity contribution in [2.45, 2.75) is 26.4 Å². The number of alkyl carbamates (subject to hydrolysis) is 1. The maximum Gasteiger partial charge on any atom is 0.407 e. The molecule has 0 unspecified atom stereocenters. The zero-order valence-corrected chi connectivity index (χ0v) is 24.2. The summed E-state index contributed by atoms with van der Waals surface area (Å²) in [5.41, 5.74) is 1.15. The lowest BCUT2D eigenvalue weighted by atomic mass is 10.2. The Balaban J connectivity index is 0.000000233. The van der Waals surface area contributed by atoms with E-state index in [0.717, 1.165) is 14.7 Å². The number of carbonyl (C=O) groups is 1. The molecule has 2 aromatic carbocycles. The average molecular weight is 717 g/mol. The van der Waals surface area contributed by atoms with Gasteiger partial charge in [-0.15, -0.1) is 0 Å². The Hall–Kier alpha value is -2.81. The maximum absolute atomic E-state index is 11.5. The zero-order chi connectivity index (χ0) is 26.1. The van der Waals surface area contributed by atoms with Crippen molar-refractivity contribution in [2.75, 3.05) is 13.2 Å². The first-order chi connectivity index (χ1) is 17.2. The number of rotatable bonds is 6. The SMILES string of the molecule is CC(C)(C)OC(=O)NCCOc1noc(-c2ccccc2)c1I.O=c1[nH]oc(-c2ccccc2)c1I. The van der Waals surface area contributed by atoms with Gasteiger partial charge < -0.3 is 23.8 Å². The highest BCUT2D eigenvalue weighted by atomic mass is 127. The predicted molar refractivity (Wildman–Crippen MR) is 152 cm³/mol. The second-order valence-corrected chi connectivity index (χ2v) is 10.5. The molecule has 190 valence electrons. The van der Waals surface area contributed by atoms with Crippen LogP contribution in [0.4, 0.5) is 4.79 Å². The number of H-pyrrole nitrogens is 1. The van der Waals surface area contributed by atoms with Crippen LogP contribution >= 0.6 is 45.2 Å². The summed E-state index contributed by atoms with van der Waals surface area (Å²) >= 11 is 4.10. The minimum atomic E-state index is -0.517. The number of amides is 1. The van der Waals surface area contributed by atoms with Crippen molar-refractivity contribution in [3.8, 4) is 28.5 Å². The van der Waals surface area contributed by atoms with Crippen LogP contribution in [0.2, 0.25) is 0 Å². The largest absolute Gasteiger partial charge is 0.473 e. The molecule has 4 aromatic rings. The van der Waals surface area contributed by atoms with E-state index in [9.17, 15) is 9.59 Å². The second-order valence-electron chi connectivity index (χ2n) is 8.32. The normalized spacial score (nSPS) is 10.8. The topological polar surface area (TPSA) is 120 Å². The van der Waals surface area contributed by atoms with E-state index < -0.39 is 11.7 Å². The fraction of sp³-hybridized carbons (Fsp3) is 0.240. The van der Waals surface area contributed by atoms with Gasteiger partial charge in [0.2, 0.25) is 0 Å². The number of benzene rings is 2. The molecule has 0 atom stereocenters. The molecule has 2 heterocycles. The van der Waals surface area contributed by atoms with Crippen molar-refractivity contribution >= 4 is 51.3 Å². The number of nitrogens with zero attached hydrogens (tertiary/aromatic N) is 1. The van der Waals surface area contributed by atoms with Crippen molar-refractivity contribution in [3.63, 3.8) is 0 Å².